The van der Waals surface area contributed by atoms with Crippen molar-refractivity contribution in [3.05, 3.63) is 179 Å². The van der Waals surface area contributed by atoms with Gasteiger partial charge in [-0.2, -0.15) is 0 Å². The molecule has 2 atom stereocenters. The van der Waals surface area contributed by atoms with Crippen LogP contribution < -0.4 is 42.5 Å². The minimum absolute atomic E-state index is 0.0194. The summed E-state index contributed by atoms with van der Waals surface area (Å²) in [4.78, 5) is 50.6. The van der Waals surface area contributed by atoms with Gasteiger partial charge < -0.3 is 56.7 Å². The van der Waals surface area contributed by atoms with Crippen LogP contribution in [0.25, 0.3) is 0 Å². The molecule has 0 radical (unpaired) electrons. The molecule has 1 unspecified atom stereocenters. The van der Waals surface area contributed by atoms with Gasteiger partial charge in [0.2, 0.25) is 0 Å². The maximum atomic E-state index is 13.0. The number of benzene rings is 4. The van der Waals surface area contributed by atoms with Crippen LogP contribution in [0.5, 0.6) is 0 Å². The molecular weight excluding hydrogens is 765 g/mol. The molecule has 0 saturated heterocycles. The number of esters is 3. The Labute approximate surface area is 348 Å². The summed E-state index contributed by atoms with van der Waals surface area (Å²) in [5, 5.41) is 26.9. The third-order valence-electron chi connectivity index (χ3n) is 9.82. The Balaban J connectivity index is 0.978. The summed E-state index contributed by atoms with van der Waals surface area (Å²) in [5.74, 6) is 2.79. The average molecular weight is 813 g/mol. The molecular formula is C45H48N8O7. The van der Waals surface area contributed by atoms with E-state index in [0.29, 0.717) is 64.7 Å². The van der Waals surface area contributed by atoms with Crippen LogP contribution in [0.2, 0.25) is 0 Å². The molecule has 15 nitrogen and oxygen atoms in total. The maximum absolute atomic E-state index is 13.0. The van der Waals surface area contributed by atoms with Gasteiger partial charge in [-0.3, -0.25) is 4.79 Å². The highest BCUT2D eigenvalue weighted by Crippen LogP contribution is 2.43. The monoisotopic (exact) mass is 812 g/mol. The second kappa shape index (κ2) is 20.3. The number of hydrogen-bond acceptors (Lipinski definition) is 15. The van der Waals surface area contributed by atoms with Crippen molar-refractivity contribution in [3.8, 4) is 0 Å². The number of carbonyl (C=O) groups excluding carboxylic acids is 4. The first-order chi connectivity index (χ1) is 29.4. The highest BCUT2D eigenvalue weighted by Gasteiger charge is 2.42. The predicted octanol–water partition coefficient (Wildman–Crippen LogP) is 3.59. The van der Waals surface area contributed by atoms with Gasteiger partial charge in [-0.1, -0.05) is 84.9 Å². The van der Waals surface area contributed by atoms with Gasteiger partial charge in [-0.25, -0.2) is 14.4 Å². The molecule has 60 heavy (non-hydrogen) atoms. The lowest BCUT2D eigenvalue weighted by Gasteiger charge is -2.12. The van der Waals surface area contributed by atoms with E-state index in [1.807, 2.05) is 48.5 Å². The predicted molar refractivity (Wildman–Crippen MR) is 223 cm³/mol. The van der Waals surface area contributed by atoms with Gasteiger partial charge in [-0.05, 0) is 55.2 Å². The zero-order chi connectivity index (χ0) is 41.5. The first-order valence-corrected chi connectivity index (χ1v) is 19.9. The highest BCUT2D eigenvalue weighted by molar-refractivity contribution is 5.99. The maximum Gasteiger partial charge on any atom is 0.338 e. The fraction of sp³-hybridized carbons (Fsp3) is 0.244. The van der Waals surface area contributed by atoms with Crippen molar-refractivity contribution in [1.29, 1.82) is 0 Å². The molecule has 4 aromatic carbocycles. The van der Waals surface area contributed by atoms with E-state index in [9.17, 15) is 19.2 Å². The Morgan fingerprint density at radius 2 is 0.767 bits per heavy atom. The Morgan fingerprint density at radius 3 is 1.12 bits per heavy atom. The molecule has 1 fully saturated rings. The van der Waals surface area contributed by atoms with Gasteiger partial charge in [0, 0.05) is 18.0 Å². The Hall–Kier alpha value is -7.42. The summed E-state index contributed by atoms with van der Waals surface area (Å²) in [6, 6.07) is 35.8. The lowest BCUT2D eigenvalue weighted by molar-refractivity contribution is 0.0500. The molecule has 0 amide bonds. The van der Waals surface area contributed by atoms with Crippen LogP contribution in [-0.2, 0) is 14.2 Å². The van der Waals surface area contributed by atoms with E-state index in [0.717, 1.165) is 18.4 Å². The molecule has 7 rings (SSSR count). The standard InChI is InChI=1S/C45H48N8O7/c54-36(30-13-5-1-6-14-30)35-29-34(35)21-22-46-37-38(47-23-26-58-43(55)31-15-7-2-8-16-31)51-41(50-37)42-52-39(48-24-27-59-44(56)32-17-9-3-10-18-32)40(53-42)49-25-28-60-45(57)33-19-11-4-12-20-33/h1-20,34-35,46-53H,21-29H2/t34-,35?/m0/s1. The van der Waals surface area contributed by atoms with Crippen LogP contribution in [0.15, 0.2) is 156 Å². The Bertz CT molecular complexity index is 2140. The lowest BCUT2D eigenvalue weighted by atomic mass is 10.1. The van der Waals surface area contributed by atoms with E-state index in [1.54, 1.807) is 72.8 Å². The summed E-state index contributed by atoms with van der Waals surface area (Å²) in [6.07, 6.45) is 1.65. The summed E-state index contributed by atoms with van der Waals surface area (Å²) >= 11 is 0. The number of ketones is 1. The Morgan fingerprint density at radius 1 is 0.450 bits per heavy atom. The van der Waals surface area contributed by atoms with E-state index in [-0.39, 0.29) is 50.5 Å². The van der Waals surface area contributed by atoms with Crippen LogP contribution in [0.1, 0.15) is 54.3 Å². The van der Waals surface area contributed by atoms with E-state index in [1.165, 1.54) is 0 Å². The molecule has 2 aliphatic heterocycles. The van der Waals surface area contributed by atoms with Crippen molar-refractivity contribution in [2.24, 2.45) is 11.8 Å². The minimum Gasteiger partial charge on any atom is -0.460 e. The number of rotatable bonds is 21. The number of nitrogens with one attached hydrogen (secondary N) is 8. The van der Waals surface area contributed by atoms with Gasteiger partial charge in [0.05, 0.1) is 36.3 Å². The van der Waals surface area contributed by atoms with Crippen LogP contribution in [0.3, 0.4) is 0 Å². The molecule has 0 spiro atoms. The molecule has 1 aliphatic carbocycles. The van der Waals surface area contributed by atoms with Crippen LogP contribution in [0, 0.1) is 11.8 Å². The molecule has 0 bridgehead atoms. The Kier molecular flexibility index (Phi) is 13.8. The van der Waals surface area contributed by atoms with Crippen molar-refractivity contribution >= 4 is 23.7 Å². The number of ether oxygens (including phenoxy) is 3. The van der Waals surface area contributed by atoms with Crippen LogP contribution >= 0.6 is 0 Å². The molecule has 4 aromatic rings. The van der Waals surface area contributed by atoms with Gasteiger partial charge in [0.1, 0.15) is 43.1 Å². The third kappa shape index (κ3) is 11.2. The second-order valence-corrected chi connectivity index (χ2v) is 14.1. The number of carbonyl (C=O) groups is 4. The highest BCUT2D eigenvalue weighted by atomic mass is 16.5. The lowest BCUT2D eigenvalue weighted by Crippen LogP contribution is -2.32. The molecule has 2 heterocycles. The summed E-state index contributed by atoms with van der Waals surface area (Å²) in [6.45, 7) is 1.80. The second-order valence-electron chi connectivity index (χ2n) is 14.1. The third-order valence-corrected chi connectivity index (χ3v) is 9.82. The van der Waals surface area contributed by atoms with Crippen molar-refractivity contribution in [3.63, 3.8) is 0 Å². The summed E-state index contributed by atoms with van der Waals surface area (Å²) in [7, 11) is 0. The van der Waals surface area contributed by atoms with E-state index in [2.05, 4.69) is 42.5 Å². The molecule has 8 N–H and O–H groups in total. The first-order valence-electron chi connectivity index (χ1n) is 19.9. The summed E-state index contributed by atoms with van der Waals surface area (Å²) < 4.78 is 16.4. The molecule has 1 saturated carbocycles. The van der Waals surface area contributed by atoms with Crippen LogP contribution in [-0.4, -0.2) is 69.7 Å². The minimum atomic E-state index is -0.425. The molecule has 0 aromatic heterocycles. The fourth-order valence-electron chi connectivity index (χ4n) is 6.61. The smallest absolute Gasteiger partial charge is 0.338 e. The van der Waals surface area contributed by atoms with Gasteiger partial charge in [-0.15, -0.1) is 0 Å². The van der Waals surface area contributed by atoms with Crippen molar-refractivity contribution in [1.82, 2.24) is 42.5 Å². The molecule has 15 heteroatoms. The van der Waals surface area contributed by atoms with E-state index in [4.69, 9.17) is 14.2 Å². The van der Waals surface area contributed by atoms with Crippen LogP contribution in [0.4, 0.5) is 0 Å². The largest absolute Gasteiger partial charge is 0.460 e. The zero-order valence-electron chi connectivity index (χ0n) is 32.9. The summed E-state index contributed by atoms with van der Waals surface area (Å²) in [5.41, 5.74) is 2.14. The van der Waals surface area contributed by atoms with Crippen molar-refractivity contribution < 1.29 is 33.4 Å². The van der Waals surface area contributed by atoms with Gasteiger partial charge in [0.25, 0.3) is 0 Å². The van der Waals surface area contributed by atoms with Gasteiger partial charge >= 0.3 is 17.9 Å². The average Bonchev–Trinajstić information content (AvgIpc) is 3.78. The van der Waals surface area contributed by atoms with Crippen molar-refractivity contribution in [2.45, 2.75) is 12.8 Å². The SMILES string of the molecule is O=C(OCCNC1=C(NCCOC(=O)c2ccccc2)NC(=C2NC(NCCOC(=O)c3ccccc3)=C(NCC[C@H]3CC3C(=O)c3ccccc3)N2)N1)c1ccccc1. The zero-order valence-corrected chi connectivity index (χ0v) is 32.9. The normalized spacial score (nSPS) is 16.4. The van der Waals surface area contributed by atoms with Crippen molar-refractivity contribution in [2.75, 3.05) is 46.0 Å². The number of hydrogen-bond donors (Lipinski definition) is 8. The first kappa shape index (κ1) is 40.8. The molecule has 3 aliphatic rings. The fourth-order valence-corrected chi connectivity index (χ4v) is 6.61. The topological polar surface area (TPSA) is 192 Å². The quantitative estimate of drug-likeness (QED) is 0.0263. The van der Waals surface area contributed by atoms with E-state index >= 15 is 0 Å². The van der Waals surface area contributed by atoms with E-state index < -0.39 is 17.9 Å². The number of Topliss-reactive ketones (excluding diaryl/α,β-unsaturated/α-hetero) is 1. The molecule has 310 valence electrons. The van der Waals surface area contributed by atoms with Gasteiger partial charge in [0.15, 0.2) is 17.4 Å².